The van der Waals surface area contributed by atoms with E-state index in [4.69, 9.17) is 9.72 Å². The first-order chi connectivity index (χ1) is 19.2. The highest BCUT2D eigenvalue weighted by atomic mass is 19.1. The van der Waals surface area contributed by atoms with Gasteiger partial charge in [0.05, 0.1) is 22.8 Å². The normalized spacial score (nSPS) is 14.0. The average Bonchev–Trinajstić information content (AvgIpc) is 3.73. The molecular formula is C29H25FN8O. The van der Waals surface area contributed by atoms with Crippen LogP contribution >= 0.6 is 0 Å². The molecule has 0 amide bonds. The summed E-state index contributed by atoms with van der Waals surface area (Å²) < 4.78 is 19.5. The van der Waals surface area contributed by atoms with Crippen LogP contribution in [0.25, 0.3) is 56.0 Å². The minimum atomic E-state index is -0.297. The molecule has 0 radical (unpaired) electrons. The van der Waals surface area contributed by atoms with E-state index in [2.05, 4.69) is 35.0 Å². The number of benzene rings is 1. The molecule has 0 saturated carbocycles. The molecule has 1 fully saturated rings. The second-order valence-corrected chi connectivity index (χ2v) is 9.65. The van der Waals surface area contributed by atoms with Gasteiger partial charge < -0.3 is 9.72 Å². The number of halogens is 1. The Kier molecular flexibility index (Phi) is 5.93. The van der Waals surface area contributed by atoms with Crippen LogP contribution in [0.15, 0.2) is 67.3 Å². The number of imidazole rings is 1. The summed E-state index contributed by atoms with van der Waals surface area (Å²) >= 11 is 0. The first-order valence-electron chi connectivity index (χ1n) is 13.0. The Bertz CT molecular complexity index is 1770. The summed E-state index contributed by atoms with van der Waals surface area (Å²) in [5, 5.41) is 8.34. The molecule has 1 aliphatic rings. The molecule has 9 nitrogen and oxygen atoms in total. The van der Waals surface area contributed by atoms with Gasteiger partial charge in [-0.3, -0.25) is 20.0 Å². The van der Waals surface area contributed by atoms with Crippen LogP contribution in [0.3, 0.4) is 0 Å². The predicted octanol–water partition coefficient (Wildman–Crippen LogP) is 5.24. The monoisotopic (exact) mass is 520 g/mol. The van der Waals surface area contributed by atoms with E-state index in [-0.39, 0.29) is 5.82 Å². The van der Waals surface area contributed by atoms with Crippen LogP contribution in [0.5, 0.6) is 5.75 Å². The number of H-pyrrole nitrogens is 2. The molecule has 7 rings (SSSR count). The molecule has 2 N–H and O–H groups in total. The van der Waals surface area contributed by atoms with Crippen LogP contribution < -0.4 is 4.74 Å². The number of fused-ring (bicyclic) bond motifs is 2. The molecular weight excluding hydrogens is 495 g/mol. The molecule has 10 heteroatoms. The van der Waals surface area contributed by atoms with E-state index in [0.717, 1.165) is 53.0 Å². The van der Waals surface area contributed by atoms with Crippen molar-refractivity contribution in [3.63, 3.8) is 0 Å². The minimum Gasteiger partial charge on any atom is -0.491 e. The van der Waals surface area contributed by atoms with Crippen molar-refractivity contribution in [2.24, 2.45) is 0 Å². The number of hydrogen-bond donors (Lipinski definition) is 2. The van der Waals surface area contributed by atoms with Crippen molar-refractivity contribution in [3.8, 4) is 39.7 Å². The number of hydrogen-bond acceptors (Lipinski definition) is 7. The summed E-state index contributed by atoms with van der Waals surface area (Å²) in [6.45, 7) is 3.85. The summed E-state index contributed by atoms with van der Waals surface area (Å²) in [6, 6.07) is 12.1. The molecule has 39 heavy (non-hydrogen) atoms. The Morgan fingerprint density at radius 3 is 2.62 bits per heavy atom. The largest absolute Gasteiger partial charge is 0.491 e. The van der Waals surface area contributed by atoms with Crippen LogP contribution in [0, 0.1) is 5.82 Å². The van der Waals surface area contributed by atoms with Crippen molar-refractivity contribution in [1.82, 2.24) is 40.0 Å². The number of nitrogens with zero attached hydrogens (tertiary/aromatic N) is 6. The van der Waals surface area contributed by atoms with Crippen molar-refractivity contribution in [2.45, 2.75) is 12.8 Å². The number of rotatable bonds is 7. The molecule has 0 atom stereocenters. The van der Waals surface area contributed by atoms with E-state index < -0.39 is 0 Å². The van der Waals surface area contributed by atoms with Crippen LogP contribution in [-0.2, 0) is 0 Å². The van der Waals surface area contributed by atoms with Gasteiger partial charge in [0, 0.05) is 41.8 Å². The Balaban J connectivity index is 1.20. The topological polar surface area (TPSA) is 108 Å². The predicted molar refractivity (Wildman–Crippen MR) is 147 cm³/mol. The first kappa shape index (κ1) is 23.4. The Labute approximate surface area is 223 Å². The molecule has 1 aromatic carbocycles. The van der Waals surface area contributed by atoms with Crippen LogP contribution in [0.1, 0.15) is 12.8 Å². The quantitative estimate of drug-likeness (QED) is 0.296. The van der Waals surface area contributed by atoms with Gasteiger partial charge in [0.25, 0.3) is 0 Å². The zero-order valence-electron chi connectivity index (χ0n) is 21.1. The van der Waals surface area contributed by atoms with E-state index >= 15 is 0 Å². The maximum absolute atomic E-state index is 13.5. The summed E-state index contributed by atoms with van der Waals surface area (Å²) in [5.74, 6) is 1.02. The third-order valence-electron chi connectivity index (χ3n) is 7.08. The fourth-order valence-corrected chi connectivity index (χ4v) is 5.06. The lowest BCUT2D eigenvalue weighted by Crippen LogP contribution is -2.25. The zero-order valence-corrected chi connectivity index (χ0v) is 21.1. The summed E-state index contributed by atoms with van der Waals surface area (Å²) in [5.41, 5.74) is 6.04. The van der Waals surface area contributed by atoms with Crippen molar-refractivity contribution in [2.75, 3.05) is 26.2 Å². The zero-order chi connectivity index (χ0) is 26.2. The molecule has 6 aromatic rings. The van der Waals surface area contributed by atoms with Crippen molar-refractivity contribution in [3.05, 3.63) is 73.1 Å². The lowest BCUT2D eigenvalue weighted by molar-refractivity contribution is 0.237. The molecule has 1 aliphatic heterocycles. The number of aromatic nitrogens is 7. The molecule has 5 aromatic heterocycles. The second-order valence-electron chi connectivity index (χ2n) is 9.65. The SMILES string of the molecule is Fc1ccc(-c2nccc3[nH]c(-c4n[nH]c5ncc(-c6cncc(OCCN7CCCC7)c6)cc45)nc23)cc1. The highest BCUT2D eigenvalue weighted by molar-refractivity contribution is 5.96. The minimum absolute atomic E-state index is 0.297. The lowest BCUT2D eigenvalue weighted by Gasteiger charge is -2.15. The van der Waals surface area contributed by atoms with Gasteiger partial charge in [0.1, 0.15) is 29.4 Å². The standard InChI is InChI=1S/C29H25FN8O/c30-21-5-3-18(4-6-21)25-27-24(7-8-32-25)34-29(35-27)26-23-14-20(16-33-28(23)37-36-26)19-13-22(17-31-15-19)39-12-11-38-9-1-2-10-38/h3-8,13-17H,1-2,9-12H2,(H,34,35)(H,33,36,37). The van der Waals surface area contributed by atoms with Crippen LogP contribution in [0.2, 0.25) is 0 Å². The highest BCUT2D eigenvalue weighted by Crippen LogP contribution is 2.32. The van der Waals surface area contributed by atoms with E-state index in [1.165, 1.54) is 25.0 Å². The smallest absolute Gasteiger partial charge is 0.159 e. The first-order valence-corrected chi connectivity index (χ1v) is 13.0. The third kappa shape index (κ3) is 4.59. The highest BCUT2D eigenvalue weighted by Gasteiger charge is 2.17. The number of ether oxygens (including phenoxy) is 1. The van der Waals surface area contributed by atoms with Crippen LogP contribution in [-0.4, -0.2) is 66.3 Å². The fraction of sp³-hybridized carbons (Fsp3) is 0.207. The molecule has 0 spiro atoms. The Morgan fingerprint density at radius 1 is 0.897 bits per heavy atom. The van der Waals surface area contributed by atoms with Gasteiger partial charge in [0.15, 0.2) is 11.5 Å². The fourth-order valence-electron chi connectivity index (χ4n) is 5.06. The average molecular weight is 521 g/mol. The third-order valence-corrected chi connectivity index (χ3v) is 7.08. The molecule has 194 valence electrons. The van der Waals surface area contributed by atoms with E-state index in [1.54, 1.807) is 36.9 Å². The Hall–Kier alpha value is -4.70. The van der Waals surface area contributed by atoms with Gasteiger partial charge in [-0.15, -0.1) is 0 Å². The maximum Gasteiger partial charge on any atom is 0.159 e. The van der Waals surface area contributed by atoms with E-state index in [9.17, 15) is 4.39 Å². The molecule has 0 unspecified atom stereocenters. The van der Waals surface area contributed by atoms with Crippen molar-refractivity contribution < 1.29 is 9.13 Å². The number of likely N-dealkylation sites (tertiary alicyclic amines) is 1. The van der Waals surface area contributed by atoms with Gasteiger partial charge in [0.2, 0.25) is 0 Å². The van der Waals surface area contributed by atoms with Gasteiger partial charge in [-0.1, -0.05) is 0 Å². The van der Waals surface area contributed by atoms with Gasteiger partial charge in [-0.05, 0) is 68.4 Å². The molecule has 0 aliphatic carbocycles. The Morgan fingerprint density at radius 2 is 1.74 bits per heavy atom. The lowest BCUT2D eigenvalue weighted by atomic mass is 10.1. The number of aromatic amines is 2. The number of pyridine rings is 3. The van der Waals surface area contributed by atoms with Crippen LogP contribution in [0.4, 0.5) is 4.39 Å². The van der Waals surface area contributed by atoms with Gasteiger partial charge >= 0.3 is 0 Å². The maximum atomic E-state index is 13.5. The van der Waals surface area contributed by atoms with Gasteiger partial charge in [-0.25, -0.2) is 14.4 Å². The number of nitrogens with one attached hydrogen (secondary N) is 2. The summed E-state index contributed by atoms with van der Waals surface area (Å²) in [7, 11) is 0. The van der Waals surface area contributed by atoms with Gasteiger partial charge in [-0.2, -0.15) is 5.10 Å². The molecule has 1 saturated heterocycles. The molecule has 6 heterocycles. The van der Waals surface area contributed by atoms with Crippen molar-refractivity contribution in [1.29, 1.82) is 0 Å². The summed E-state index contributed by atoms with van der Waals surface area (Å²) in [4.78, 5) is 24.1. The molecule has 0 bridgehead atoms. The van der Waals surface area contributed by atoms with E-state index in [1.807, 2.05) is 18.2 Å². The summed E-state index contributed by atoms with van der Waals surface area (Å²) in [6.07, 6.45) is 9.58. The van der Waals surface area contributed by atoms with E-state index in [0.29, 0.717) is 35.0 Å². The van der Waals surface area contributed by atoms with Crippen molar-refractivity contribution >= 4 is 22.1 Å². The second kappa shape index (κ2) is 9.88.